The van der Waals surface area contributed by atoms with Crippen molar-refractivity contribution in [3.8, 4) is 5.75 Å². The van der Waals surface area contributed by atoms with E-state index in [4.69, 9.17) is 4.74 Å². The summed E-state index contributed by atoms with van der Waals surface area (Å²) in [6, 6.07) is 7.19. The van der Waals surface area contributed by atoms with Gasteiger partial charge in [0.05, 0.1) is 31.2 Å². The minimum Gasteiger partial charge on any atom is -0.494 e. The van der Waals surface area contributed by atoms with Crippen LogP contribution in [0.25, 0.3) is 0 Å². The van der Waals surface area contributed by atoms with Gasteiger partial charge >= 0.3 is 0 Å². The van der Waals surface area contributed by atoms with E-state index in [1.807, 2.05) is 36.1 Å². The third kappa shape index (κ3) is 5.44. The van der Waals surface area contributed by atoms with Crippen LogP contribution in [-0.2, 0) is 16.1 Å². The standard InChI is InChI=1S/C19H29N3O4/c1-4-26-16-8-6-5-7-14(16)12-22-10-9-20-18(25)15(22)11-17(24)21-19(2,3)13-23/h5-8,15,23H,4,9-13H2,1-3H3,(H,20,25)(H,21,24)/t15-/m1/s1. The summed E-state index contributed by atoms with van der Waals surface area (Å²) in [5.41, 5.74) is 0.277. The molecule has 0 aromatic heterocycles. The van der Waals surface area contributed by atoms with Gasteiger partial charge in [-0.1, -0.05) is 18.2 Å². The third-order valence-electron chi connectivity index (χ3n) is 4.34. The van der Waals surface area contributed by atoms with Crippen LogP contribution in [0.2, 0.25) is 0 Å². The zero-order valence-corrected chi connectivity index (χ0v) is 15.7. The maximum atomic E-state index is 12.4. The molecule has 1 saturated heterocycles. The summed E-state index contributed by atoms with van der Waals surface area (Å²) in [4.78, 5) is 26.7. The molecular weight excluding hydrogens is 334 g/mol. The highest BCUT2D eigenvalue weighted by molar-refractivity contribution is 5.89. The normalized spacial score (nSPS) is 18.3. The highest BCUT2D eigenvalue weighted by atomic mass is 16.5. The fourth-order valence-electron chi connectivity index (χ4n) is 2.97. The van der Waals surface area contributed by atoms with Crippen molar-refractivity contribution >= 4 is 11.8 Å². The van der Waals surface area contributed by atoms with Gasteiger partial charge in [-0.15, -0.1) is 0 Å². The molecule has 0 radical (unpaired) electrons. The number of rotatable bonds is 8. The number of hydrogen-bond donors (Lipinski definition) is 3. The molecule has 2 rings (SSSR count). The summed E-state index contributed by atoms with van der Waals surface area (Å²) in [6.07, 6.45) is 0.0477. The number of aliphatic hydroxyl groups excluding tert-OH is 1. The fraction of sp³-hybridized carbons (Fsp3) is 0.579. The zero-order valence-electron chi connectivity index (χ0n) is 15.7. The second kappa shape index (κ2) is 9.00. The Bertz CT molecular complexity index is 633. The molecule has 0 unspecified atom stereocenters. The summed E-state index contributed by atoms with van der Waals surface area (Å²) < 4.78 is 5.67. The maximum absolute atomic E-state index is 12.4. The van der Waals surface area contributed by atoms with Crippen molar-refractivity contribution in [3.05, 3.63) is 29.8 Å². The van der Waals surface area contributed by atoms with E-state index < -0.39 is 11.6 Å². The number of amides is 2. The number of para-hydroxylation sites is 1. The number of aliphatic hydroxyl groups is 1. The van der Waals surface area contributed by atoms with E-state index in [1.165, 1.54) is 0 Å². The Labute approximate surface area is 154 Å². The van der Waals surface area contributed by atoms with Crippen LogP contribution in [0.3, 0.4) is 0 Å². The van der Waals surface area contributed by atoms with E-state index in [9.17, 15) is 14.7 Å². The summed E-state index contributed by atoms with van der Waals surface area (Å²) in [5.74, 6) is 0.391. The van der Waals surface area contributed by atoms with E-state index >= 15 is 0 Å². The van der Waals surface area contributed by atoms with Crippen molar-refractivity contribution in [1.82, 2.24) is 15.5 Å². The van der Waals surface area contributed by atoms with Crippen molar-refractivity contribution in [3.63, 3.8) is 0 Å². The number of piperazine rings is 1. The van der Waals surface area contributed by atoms with Gasteiger partial charge < -0.3 is 20.5 Å². The van der Waals surface area contributed by atoms with Crippen LogP contribution in [0, 0.1) is 0 Å². The molecule has 1 aromatic rings. The monoisotopic (exact) mass is 363 g/mol. The first-order valence-corrected chi connectivity index (χ1v) is 9.00. The van der Waals surface area contributed by atoms with E-state index in [2.05, 4.69) is 10.6 Å². The molecule has 7 nitrogen and oxygen atoms in total. The van der Waals surface area contributed by atoms with Gasteiger partial charge in [-0.05, 0) is 26.8 Å². The van der Waals surface area contributed by atoms with Gasteiger partial charge in [-0.25, -0.2) is 0 Å². The highest BCUT2D eigenvalue weighted by Crippen LogP contribution is 2.22. The van der Waals surface area contributed by atoms with Crippen LogP contribution >= 0.6 is 0 Å². The molecule has 2 amide bonds. The van der Waals surface area contributed by atoms with Crippen LogP contribution < -0.4 is 15.4 Å². The van der Waals surface area contributed by atoms with Crippen molar-refractivity contribution in [2.24, 2.45) is 0 Å². The van der Waals surface area contributed by atoms with Crippen molar-refractivity contribution in [2.75, 3.05) is 26.3 Å². The van der Waals surface area contributed by atoms with Crippen LogP contribution in [0.1, 0.15) is 32.8 Å². The first kappa shape index (κ1) is 20.2. The van der Waals surface area contributed by atoms with Gasteiger partial charge in [-0.2, -0.15) is 0 Å². The second-order valence-electron chi connectivity index (χ2n) is 7.11. The molecule has 7 heteroatoms. The highest BCUT2D eigenvalue weighted by Gasteiger charge is 2.33. The summed E-state index contributed by atoms with van der Waals surface area (Å²) >= 11 is 0. The third-order valence-corrected chi connectivity index (χ3v) is 4.34. The number of nitrogens with one attached hydrogen (secondary N) is 2. The summed E-state index contributed by atoms with van der Waals surface area (Å²) in [6.45, 7) is 7.56. The predicted molar refractivity (Wildman–Crippen MR) is 98.7 cm³/mol. The quantitative estimate of drug-likeness (QED) is 0.631. The minimum absolute atomic E-state index is 0.0477. The molecule has 1 atom stereocenters. The Kier molecular flexibility index (Phi) is 6.99. The number of nitrogens with zero attached hydrogens (tertiary/aromatic N) is 1. The minimum atomic E-state index is -0.714. The van der Waals surface area contributed by atoms with Crippen molar-refractivity contribution < 1.29 is 19.4 Å². The Balaban J connectivity index is 2.10. The molecule has 1 aliphatic rings. The lowest BCUT2D eigenvalue weighted by atomic mass is 10.0. The number of carbonyl (C=O) groups is 2. The first-order chi connectivity index (χ1) is 12.4. The topological polar surface area (TPSA) is 90.9 Å². The molecule has 26 heavy (non-hydrogen) atoms. The first-order valence-electron chi connectivity index (χ1n) is 9.00. The van der Waals surface area contributed by atoms with Gasteiger partial charge in [0, 0.05) is 25.2 Å². The van der Waals surface area contributed by atoms with Crippen LogP contribution in [-0.4, -0.2) is 59.7 Å². The van der Waals surface area contributed by atoms with Crippen LogP contribution in [0.15, 0.2) is 24.3 Å². The number of carbonyl (C=O) groups excluding carboxylic acids is 2. The number of ether oxygens (including phenoxy) is 1. The fourth-order valence-corrected chi connectivity index (χ4v) is 2.97. The van der Waals surface area contributed by atoms with Gasteiger partial charge in [0.2, 0.25) is 11.8 Å². The van der Waals surface area contributed by atoms with Gasteiger partial charge in [0.15, 0.2) is 0 Å². The molecule has 1 aliphatic heterocycles. The predicted octanol–water partition coefficient (Wildman–Crippen LogP) is 0.663. The number of hydrogen-bond acceptors (Lipinski definition) is 5. The lowest BCUT2D eigenvalue weighted by molar-refractivity contribution is -0.135. The Morgan fingerprint density at radius 1 is 1.42 bits per heavy atom. The molecule has 0 saturated carbocycles. The zero-order chi connectivity index (χ0) is 19.2. The molecule has 0 bridgehead atoms. The molecule has 0 spiro atoms. The average molecular weight is 363 g/mol. The molecule has 1 aromatic carbocycles. The van der Waals surface area contributed by atoms with Gasteiger partial charge in [0.1, 0.15) is 5.75 Å². The molecule has 1 heterocycles. The molecule has 144 valence electrons. The maximum Gasteiger partial charge on any atom is 0.237 e. The van der Waals surface area contributed by atoms with Crippen LogP contribution in [0.4, 0.5) is 0 Å². The van der Waals surface area contributed by atoms with Gasteiger partial charge in [0.25, 0.3) is 0 Å². The lowest BCUT2D eigenvalue weighted by Gasteiger charge is -2.35. The average Bonchev–Trinajstić information content (AvgIpc) is 2.59. The largest absolute Gasteiger partial charge is 0.494 e. The summed E-state index contributed by atoms with van der Waals surface area (Å²) in [7, 11) is 0. The Morgan fingerprint density at radius 3 is 2.85 bits per heavy atom. The van der Waals surface area contributed by atoms with E-state index in [0.29, 0.717) is 26.2 Å². The molecular formula is C19H29N3O4. The second-order valence-corrected chi connectivity index (χ2v) is 7.11. The molecule has 1 fully saturated rings. The van der Waals surface area contributed by atoms with Gasteiger partial charge in [-0.3, -0.25) is 14.5 Å². The molecule has 0 aliphatic carbocycles. The number of benzene rings is 1. The lowest BCUT2D eigenvalue weighted by Crippen LogP contribution is -2.57. The Morgan fingerprint density at radius 2 is 2.15 bits per heavy atom. The van der Waals surface area contributed by atoms with Crippen LogP contribution in [0.5, 0.6) is 5.75 Å². The van der Waals surface area contributed by atoms with Crippen molar-refractivity contribution in [1.29, 1.82) is 0 Å². The molecule has 3 N–H and O–H groups in total. The van der Waals surface area contributed by atoms with E-state index in [1.54, 1.807) is 13.8 Å². The Hall–Kier alpha value is -2.12. The SMILES string of the molecule is CCOc1ccccc1CN1CCNC(=O)[C@H]1CC(=O)NC(C)(C)CO. The summed E-state index contributed by atoms with van der Waals surface area (Å²) in [5, 5.41) is 14.9. The smallest absolute Gasteiger partial charge is 0.237 e. The van der Waals surface area contributed by atoms with Crippen molar-refractivity contribution in [2.45, 2.75) is 45.3 Å². The van der Waals surface area contributed by atoms with E-state index in [0.717, 1.165) is 11.3 Å². The van der Waals surface area contributed by atoms with E-state index in [-0.39, 0.29) is 24.8 Å².